The maximum absolute atomic E-state index is 12.2. The predicted octanol–water partition coefficient (Wildman–Crippen LogP) is 7.35. The van der Waals surface area contributed by atoms with Gasteiger partial charge in [0.05, 0.1) is 0 Å². The second-order valence-electron chi connectivity index (χ2n) is 8.52. The van der Waals surface area contributed by atoms with Gasteiger partial charge in [-0.2, -0.15) is 0 Å². The number of hydrogen-bond donors (Lipinski definition) is 0. The minimum atomic E-state index is -4.65. The predicted molar refractivity (Wildman–Crippen MR) is 106 cm³/mol. The van der Waals surface area contributed by atoms with Gasteiger partial charge in [-0.25, -0.2) is 0 Å². The van der Waals surface area contributed by atoms with Crippen LogP contribution in [0.5, 0.6) is 5.75 Å². The zero-order valence-electron chi connectivity index (χ0n) is 16.7. The average molecular weight is 393 g/mol. The third-order valence-corrected chi connectivity index (χ3v) is 6.54. The Morgan fingerprint density at radius 3 is 2.00 bits per heavy atom. The number of hydrogen-bond acceptors (Lipinski definition) is 1. The Hall–Kier alpha value is -1.63. The lowest BCUT2D eigenvalue weighted by Crippen LogP contribution is -2.25. The Balaban J connectivity index is 1.44. The van der Waals surface area contributed by atoms with Gasteiger partial charge in [0.2, 0.25) is 0 Å². The third-order valence-electron chi connectivity index (χ3n) is 6.54. The summed E-state index contributed by atoms with van der Waals surface area (Å²) in [6.45, 7) is 2.29. The van der Waals surface area contributed by atoms with E-state index in [1.165, 1.54) is 63.5 Å². The molecule has 2 aliphatic rings. The standard InChI is InChI=1S/C24H31F3O/c1-2-3-18-6-12-21(13-7-18)22-14-8-19(9-15-22)4-5-20-10-16-23(17-11-20)28-24(25,26)27/h10-11,16-19,21-22H,2-3,6-9,12-15H2,1H3/t18-,19-,21-,22-. The minimum absolute atomic E-state index is 0.202. The lowest BCUT2D eigenvalue weighted by atomic mass is 9.69. The third kappa shape index (κ3) is 6.47. The number of ether oxygens (including phenoxy) is 1. The molecule has 28 heavy (non-hydrogen) atoms. The molecule has 0 radical (unpaired) electrons. The average Bonchev–Trinajstić information content (AvgIpc) is 2.68. The molecule has 2 aliphatic carbocycles. The van der Waals surface area contributed by atoms with E-state index in [1.54, 1.807) is 12.1 Å². The van der Waals surface area contributed by atoms with E-state index < -0.39 is 6.36 Å². The summed E-state index contributed by atoms with van der Waals surface area (Å²) in [5.74, 6) is 9.45. The van der Waals surface area contributed by atoms with E-state index in [-0.39, 0.29) is 5.75 Å². The van der Waals surface area contributed by atoms with Crippen LogP contribution in [0.15, 0.2) is 24.3 Å². The number of alkyl halides is 3. The molecule has 2 fully saturated rings. The SMILES string of the molecule is CCC[C@H]1CC[C@H]([C@H]2CC[C@H](C#Cc3ccc(OC(F)(F)F)cc3)CC2)CC1. The van der Waals surface area contributed by atoms with E-state index in [0.29, 0.717) is 5.92 Å². The van der Waals surface area contributed by atoms with Crippen molar-refractivity contribution >= 4 is 0 Å². The fourth-order valence-corrected chi connectivity index (χ4v) is 5.02. The molecule has 0 spiro atoms. The van der Waals surface area contributed by atoms with E-state index >= 15 is 0 Å². The van der Waals surface area contributed by atoms with Crippen LogP contribution in [0.25, 0.3) is 0 Å². The van der Waals surface area contributed by atoms with Crippen molar-refractivity contribution in [2.75, 3.05) is 0 Å². The molecule has 4 heteroatoms. The van der Waals surface area contributed by atoms with Crippen LogP contribution >= 0.6 is 0 Å². The topological polar surface area (TPSA) is 9.23 Å². The molecule has 3 rings (SSSR count). The molecule has 0 aromatic heterocycles. The maximum atomic E-state index is 12.2. The van der Waals surface area contributed by atoms with Gasteiger partial charge in [-0.1, -0.05) is 44.4 Å². The number of benzene rings is 1. The van der Waals surface area contributed by atoms with Crippen LogP contribution in [-0.4, -0.2) is 6.36 Å². The number of halogens is 3. The van der Waals surface area contributed by atoms with Crippen molar-refractivity contribution in [3.05, 3.63) is 29.8 Å². The summed E-state index contributed by atoms with van der Waals surface area (Å²) in [6, 6.07) is 5.83. The van der Waals surface area contributed by atoms with Crippen LogP contribution in [0.4, 0.5) is 13.2 Å². The first-order chi connectivity index (χ1) is 13.4. The van der Waals surface area contributed by atoms with Gasteiger partial charge >= 0.3 is 6.36 Å². The molecule has 0 unspecified atom stereocenters. The highest BCUT2D eigenvalue weighted by Crippen LogP contribution is 2.42. The van der Waals surface area contributed by atoms with Crippen molar-refractivity contribution in [3.8, 4) is 17.6 Å². The zero-order valence-corrected chi connectivity index (χ0v) is 16.7. The van der Waals surface area contributed by atoms with Crippen LogP contribution in [0.3, 0.4) is 0 Å². The summed E-state index contributed by atoms with van der Waals surface area (Å²) < 4.78 is 40.5. The lowest BCUT2D eigenvalue weighted by molar-refractivity contribution is -0.274. The summed E-state index contributed by atoms with van der Waals surface area (Å²) in [6.07, 6.45) is 8.61. The van der Waals surface area contributed by atoms with E-state index in [0.717, 1.165) is 36.2 Å². The Morgan fingerprint density at radius 2 is 1.46 bits per heavy atom. The highest BCUT2D eigenvalue weighted by atomic mass is 19.4. The van der Waals surface area contributed by atoms with Gasteiger partial charge in [0.25, 0.3) is 0 Å². The smallest absolute Gasteiger partial charge is 0.406 e. The molecule has 1 aromatic carbocycles. The summed E-state index contributed by atoms with van der Waals surface area (Å²) >= 11 is 0. The molecular weight excluding hydrogens is 361 g/mol. The van der Waals surface area contributed by atoms with Crippen LogP contribution < -0.4 is 4.74 Å². The summed E-state index contributed by atoms with van der Waals surface area (Å²) in [7, 11) is 0. The Kier molecular flexibility index (Phi) is 7.32. The van der Waals surface area contributed by atoms with Gasteiger partial charge in [0, 0.05) is 11.5 Å². The molecule has 2 saturated carbocycles. The molecule has 0 heterocycles. The molecule has 0 N–H and O–H groups in total. The van der Waals surface area contributed by atoms with Gasteiger partial charge in [-0.05, 0) is 80.5 Å². The van der Waals surface area contributed by atoms with Gasteiger partial charge in [-0.15, -0.1) is 13.2 Å². The molecule has 1 aromatic rings. The molecule has 1 nitrogen and oxygen atoms in total. The first-order valence-corrected chi connectivity index (χ1v) is 10.8. The zero-order chi connectivity index (χ0) is 20.0. The van der Waals surface area contributed by atoms with Crippen LogP contribution in [-0.2, 0) is 0 Å². The quantitative estimate of drug-likeness (QED) is 0.487. The van der Waals surface area contributed by atoms with E-state index in [1.807, 2.05) is 0 Å². The van der Waals surface area contributed by atoms with Crippen molar-refractivity contribution < 1.29 is 17.9 Å². The van der Waals surface area contributed by atoms with Crippen molar-refractivity contribution in [1.29, 1.82) is 0 Å². The van der Waals surface area contributed by atoms with Crippen molar-refractivity contribution in [1.82, 2.24) is 0 Å². The fourth-order valence-electron chi connectivity index (χ4n) is 5.02. The largest absolute Gasteiger partial charge is 0.573 e. The first-order valence-electron chi connectivity index (χ1n) is 10.8. The maximum Gasteiger partial charge on any atom is 0.573 e. The van der Waals surface area contributed by atoms with Gasteiger partial charge in [-0.3, -0.25) is 0 Å². The molecule has 0 amide bonds. The van der Waals surface area contributed by atoms with Crippen LogP contribution in [0.1, 0.15) is 76.7 Å². The van der Waals surface area contributed by atoms with Gasteiger partial charge in [0.15, 0.2) is 0 Å². The Morgan fingerprint density at radius 1 is 0.893 bits per heavy atom. The minimum Gasteiger partial charge on any atom is -0.406 e. The normalized spacial score (nSPS) is 28.3. The van der Waals surface area contributed by atoms with Crippen LogP contribution in [0.2, 0.25) is 0 Å². The first kappa shape index (κ1) is 21.1. The van der Waals surface area contributed by atoms with E-state index in [9.17, 15) is 13.2 Å². The number of rotatable bonds is 4. The molecule has 0 aliphatic heterocycles. The molecular formula is C24H31F3O. The highest BCUT2D eigenvalue weighted by Gasteiger charge is 2.31. The summed E-state index contributed by atoms with van der Waals surface area (Å²) in [5.41, 5.74) is 0.742. The van der Waals surface area contributed by atoms with Crippen LogP contribution in [0, 0.1) is 35.5 Å². The van der Waals surface area contributed by atoms with Gasteiger partial charge < -0.3 is 4.74 Å². The van der Waals surface area contributed by atoms with Crippen molar-refractivity contribution in [2.24, 2.45) is 23.7 Å². The Bertz CT molecular complexity index is 652. The summed E-state index contributed by atoms with van der Waals surface area (Å²) in [5, 5.41) is 0. The second-order valence-corrected chi connectivity index (χ2v) is 8.52. The monoisotopic (exact) mass is 392 g/mol. The van der Waals surface area contributed by atoms with E-state index in [4.69, 9.17) is 0 Å². The lowest BCUT2D eigenvalue weighted by Gasteiger charge is -2.37. The Labute approximate surface area is 167 Å². The highest BCUT2D eigenvalue weighted by molar-refractivity contribution is 5.38. The van der Waals surface area contributed by atoms with Gasteiger partial charge in [0.1, 0.15) is 5.75 Å². The molecule has 0 saturated heterocycles. The second kappa shape index (κ2) is 9.72. The van der Waals surface area contributed by atoms with Crippen molar-refractivity contribution in [3.63, 3.8) is 0 Å². The van der Waals surface area contributed by atoms with E-state index in [2.05, 4.69) is 23.5 Å². The molecule has 0 bridgehead atoms. The molecule has 154 valence electrons. The fraction of sp³-hybridized carbons (Fsp3) is 0.667. The van der Waals surface area contributed by atoms with Crippen molar-refractivity contribution in [2.45, 2.75) is 77.5 Å². The molecule has 0 atom stereocenters. The summed E-state index contributed by atoms with van der Waals surface area (Å²) in [4.78, 5) is 0.